The SMILES string of the molecule is COC(=O)[C@H]1CC(=O)O[C@H](/C=C/C(C2=NNNN2C)=C(c2ccc(F)cc2)c2ccc(F)cc2)C1. The molecule has 2 N–H and O–H groups in total. The van der Waals surface area contributed by atoms with Gasteiger partial charge in [-0.15, -0.1) is 10.6 Å². The lowest BCUT2D eigenvalue weighted by atomic mass is 9.90. The van der Waals surface area contributed by atoms with Crippen molar-refractivity contribution in [3.63, 3.8) is 0 Å². The fourth-order valence-corrected chi connectivity index (χ4v) is 4.00. The maximum Gasteiger partial charge on any atom is 0.309 e. The van der Waals surface area contributed by atoms with Crippen LogP contribution < -0.4 is 11.1 Å². The zero-order chi connectivity index (χ0) is 24.9. The first-order valence-corrected chi connectivity index (χ1v) is 10.9. The van der Waals surface area contributed by atoms with Crippen molar-refractivity contribution in [3.05, 3.63) is 89.0 Å². The highest BCUT2D eigenvalue weighted by atomic mass is 19.1. The summed E-state index contributed by atoms with van der Waals surface area (Å²) in [5, 5.41) is 5.94. The second-order valence-electron chi connectivity index (χ2n) is 8.07. The molecule has 0 aromatic heterocycles. The van der Waals surface area contributed by atoms with E-state index in [0.717, 1.165) is 0 Å². The number of methoxy groups -OCH3 is 1. The van der Waals surface area contributed by atoms with Crippen LogP contribution >= 0.6 is 0 Å². The summed E-state index contributed by atoms with van der Waals surface area (Å²) in [6.45, 7) is 0. The van der Waals surface area contributed by atoms with Gasteiger partial charge in [-0.3, -0.25) is 14.6 Å². The molecule has 0 spiro atoms. The minimum absolute atomic E-state index is 0.0423. The van der Waals surface area contributed by atoms with E-state index in [1.54, 1.807) is 48.5 Å². The summed E-state index contributed by atoms with van der Waals surface area (Å²) in [4.78, 5) is 24.1. The summed E-state index contributed by atoms with van der Waals surface area (Å²) < 4.78 is 37.7. The van der Waals surface area contributed by atoms with Gasteiger partial charge in [-0.2, -0.15) is 0 Å². The number of nitrogens with zero attached hydrogens (tertiary/aromatic N) is 2. The number of hydrazone groups is 1. The van der Waals surface area contributed by atoms with Gasteiger partial charge in [0.2, 0.25) is 0 Å². The van der Waals surface area contributed by atoms with Crippen LogP contribution in [0.15, 0.2) is 71.4 Å². The van der Waals surface area contributed by atoms with Crippen molar-refractivity contribution in [3.8, 4) is 0 Å². The Hall–Kier alpha value is -4.05. The monoisotopic (exact) mass is 482 g/mol. The number of nitrogens with one attached hydrogen (secondary N) is 2. The summed E-state index contributed by atoms with van der Waals surface area (Å²) in [5.41, 5.74) is 8.08. The van der Waals surface area contributed by atoms with Crippen LogP contribution in [-0.2, 0) is 19.1 Å². The zero-order valence-corrected chi connectivity index (χ0v) is 19.1. The normalized spacial score (nSPS) is 19.7. The van der Waals surface area contributed by atoms with Crippen LogP contribution in [-0.4, -0.2) is 43.0 Å². The standard InChI is InChI=1S/C25H24F2N4O4/c1-31-24(28-29-30-31)21(12-11-20-13-17(25(33)34-2)14-22(32)35-20)23(15-3-7-18(26)8-4-15)16-5-9-19(27)10-6-16/h3-12,17,20,29-30H,13-14H2,1-2H3/b12-11+/t17-,20-/m1/s1. The Labute approximate surface area is 200 Å². The second kappa shape index (κ2) is 10.5. The number of esters is 2. The number of benzene rings is 2. The molecule has 10 heteroatoms. The molecule has 2 aromatic rings. The average Bonchev–Trinajstić information content (AvgIpc) is 3.28. The Morgan fingerprint density at radius 3 is 2.23 bits per heavy atom. The van der Waals surface area contributed by atoms with Crippen molar-refractivity contribution in [2.24, 2.45) is 11.0 Å². The quantitative estimate of drug-likeness (QED) is 0.483. The fraction of sp³-hybridized carbons (Fsp3) is 0.240. The van der Waals surface area contributed by atoms with Crippen molar-refractivity contribution >= 4 is 23.3 Å². The van der Waals surface area contributed by atoms with Gasteiger partial charge in [0.05, 0.1) is 19.4 Å². The van der Waals surface area contributed by atoms with Crippen LogP contribution in [0.3, 0.4) is 0 Å². The lowest BCUT2D eigenvalue weighted by Gasteiger charge is -2.25. The van der Waals surface area contributed by atoms with Crippen molar-refractivity contribution in [2.45, 2.75) is 18.9 Å². The second-order valence-corrected chi connectivity index (χ2v) is 8.07. The van der Waals surface area contributed by atoms with Gasteiger partial charge < -0.3 is 9.47 Å². The predicted octanol–water partition coefficient (Wildman–Crippen LogP) is 3.09. The van der Waals surface area contributed by atoms with Crippen LogP contribution in [0.1, 0.15) is 24.0 Å². The molecule has 0 aliphatic carbocycles. The molecule has 35 heavy (non-hydrogen) atoms. The summed E-state index contributed by atoms with van der Waals surface area (Å²) in [5.74, 6) is -1.88. The summed E-state index contributed by atoms with van der Waals surface area (Å²) in [6.07, 6.45) is 2.95. The van der Waals surface area contributed by atoms with E-state index in [-0.39, 0.29) is 12.8 Å². The van der Waals surface area contributed by atoms with E-state index in [1.807, 2.05) is 0 Å². The van der Waals surface area contributed by atoms with E-state index in [4.69, 9.17) is 9.47 Å². The maximum absolute atomic E-state index is 13.7. The van der Waals surface area contributed by atoms with Crippen LogP contribution in [0.5, 0.6) is 0 Å². The van der Waals surface area contributed by atoms with Crippen molar-refractivity contribution in [2.75, 3.05) is 14.2 Å². The molecule has 0 amide bonds. The highest BCUT2D eigenvalue weighted by Crippen LogP contribution is 2.31. The van der Waals surface area contributed by atoms with E-state index in [0.29, 0.717) is 28.1 Å². The molecule has 0 unspecified atom stereocenters. The highest BCUT2D eigenvalue weighted by Gasteiger charge is 2.33. The summed E-state index contributed by atoms with van der Waals surface area (Å²) >= 11 is 0. The molecule has 0 radical (unpaired) electrons. The predicted molar refractivity (Wildman–Crippen MR) is 124 cm³/mol. The number of ether oxygens (including phenoxy) is 2. The first-order chi connectivity index (χ1) is 16.9. The topological polar surface area (TPSA) is 92.3 Å². The molecule has 182 valence electrons. The number of halogens is 2. The molecule has 2 aliphatic heterocycles. The number of rotatable bonds is 6. The average molecular weight is 482 g/mol. The number of hydrogen-bond donors (Lipinski definition) is 2. The Bertz CT molecular complexity index is 1150. The van der Waals surface area contributed by atoms with Gasteiger partial charge in [-0.05, 0) is 47.0 Å². The molecule has 0 bridgehead atoms. The molecule has 2 aromatic carbocycles. The van der Waals surface area contributed by atoms with Gasteiger partial charge in [0.25, 0.3) is 0 Å². The Kier molecular flexibility index (Phi) is 7.21. The van der Waals surface area contributed by atoms with Crippen molar-refractivity contribution in [1.29, 1.82) is 0 Å². The van der Waals surface area contributed by atoms with Gasteiger partial charge >= 0.3 is 11.9 Å². The maximum atomic E-state index is 13.7. The Morgan fingerprint density at radius 1 is 1.11 bits per heavy atom. The van der Waals surface area contributed by atoms with Gasteiger partial charge in [0.1, 0.15) is 17.7 Å². The number of carbonyl (C=O) groups excluding carboxylic acids is 2. The highest BCUT2D eigenvalue weighted by molar-refractivity contribution is 6.10. The third kappa shape index (κ3) is 5.55. The molecule has 0 saturated carbocycles. The Morgan fingerprint density at radius 2 is 1.71 bits per heavy atom. The molecular weight excluding hydrogens is 458 g/mol. The van der Waals surface area contributed by atoms with Gasteiger partial charge in [-0.25, -0.2) is 14.3 Å². The molecule has 1 saturated heterocycles. The summed E-state index contributed by atoms with van der Waals surface area (Å²) in [6, 6.07) is 11.8. The smallest absolute Gasteiger partial charge is 0.309 e. The molecule has 2 heterocycles. The fourth-order valence-electron chi connectivity index (χ4n) is 4.00. The van der Waals surface area contributed by atoms with E-state index < -0.39 is 35.6 Å². The van der Waals surface area contributed by atoms with Crippen LogP contribution in [0.2, 0.25) is 0 Å². The van der Waals surface area contributed by atoms with Crippen LogP contribution in [0.25, 0.3) is 5.57 Å². The lowest BCUT2D eigenvalue weighted by Crippen LogP contribution is -2.38. The number of hydrazine groups is 2. The minimum atomic E-state index is -0.675. The van der Waals surface area contributed by atoms with E-state index >= 15 is 0 Å². The first kappa shape index (κ1) is 24.1. The molecule has 2 atom stereocenters. The third-order valence-electron chi connectivity index (χ3n) is 5.70. The van der Waals surface area contributed by atoms with Crippen LogP contribution in [0.4, 0.5) is 8.78 Å². The number of carbonyl (C=O) groups is 2. The molecule has 4 rings (SSSR count). The third-order valence-corrected chi connectivity index (χ3v) is 5.70. The molecular formula is C25H24F2N4O4. The lowest BCUT2D eigenvalue weighted by molar-refractivity contribution is -0.163. The number of cyclic esters (lactones) is 1. The number of amidine groups is 1. The van der Waals surface area contributed by atoms with Crippen LogP contribution in [0, 0.1) is 17.6 Å². The largest absolute Gasteiger partial charge is 0.469 e. The first-order valence-electron chi connectivity index (χ1n) is 10.9. The Balaban J connectivity index is 1.83. The molecule has 2 aliphatic rings. The molecule has 8 nitrogen and oxygen atoms in total. The number of likely N-dealkylation sites (N-methyl/N-ethyl adjacent to an activating group) is 1. The van der Waals surface area contributed by atoms with Gasteiger partial charge in [-0.1, -0.05) is 30.3 Å². The van der Waals surface area contributed by atoms with E-state index in [9.17, 15) is 18.4 Å². The summed E-state index contributed by atoms with van der Waals surface area (Å²) in [7, 11) is 3.02. The van der Waals surface area contributed by atoms with Crippen molar-refractivity contribution in [1.82, 2.24) is 16.1 Å². The molecule has 1 fully saturated rings. The minimum Gasteiger partial charge on any atom is -0.469 e. The van der Waals surface area contributed by atoms with Gasteiger partial charge in [0.15, 0.2) is 5.84 Å². The van der Waals surface area contributed by atoms with E-state index in [1.165, 1.54) is 31.4 Å². The zero-order valence-electron chi connectivity index (χ0n) is 19.1. The number of hydrogen-bond acceptors (Lipinski definition) is 8. The van der Waals surface area contributed by atoms with Crippen molar-refractivity contribution < 1.29 is 27.8 Å². The van der Waals surface area contributed by atoms with E-state index in [2.05, 4.69) is 16.2 Å². The van der Waals surface area contributed by atoms with Gasteiger partial charge in [0, 0.05) is 19.0 Å².